The Morgan fingerprint density at radius 2 is 1.54 bits per heavy atom. The fourth-order valence-electron chi connectivity index (χ4n) is 6.42. The third-order valence-electron chi connectivity index (χ3n) is 7.25. The molecule has 4 aliphatic rings. The normalized spacial score (nSPS) is 41.6. The molecule has 0 aromatic carbocycles. The van der Waals surface area contributed by atoms with E-state index in [9.17, 15) is 0 Å². The lowest BCUT2D eigenvalue weighted by Gasteiger charge is -2.90. The van der Waals surface area contributed by atoms with E-state index in [4.69, 9.17) is 17.7 Å². The van der Waals surface area contributed by atoms with E-state index in [2.05, 4.69) is 13.1 Å². The summed E-state index contributed by atoms with van der Waals surface area (Å²) in [6.45, 7) is 12.9. The Bertz CT molecular complexity index is 467. The molecule has 0 aromatic rings. The first-order chi connectivity index (χ1) is 11.4. The van der Waals surface area contributed by atoms with Crippen molar-refractivity contribution in [2.24, 2.45) is 29.6 Å². The van der Waals surface area contributed by atoms with E-state index in [1.807, 2.05) is 20.8 Å². The van der Waals surface area contributed by atoms with E-state index in [0.717, 1.165) is 41.7 Å². The lowest BCUT2D eigenvalue weighted by atomic mass is 9.18. The molecule has 0 saturated heterocycles. The van der Waals surface area contributed by atoms with E-state index in [0.29, 0.717) is 25.4 Å². The highest BCUT2D eigenvalue weighted by Crippen LogP contribution is 2.87. The van der Waals surface area contributed by atoms with Crippen LogP contribution in [-0.2, 0) is 17.7 Å². The predicted molar refractivity (Wildman–Crippen MR) is 98.2 cm³/mol. The van der Waals surface area contributed by atoms with Crippen molar-refractivity contribution in [3.8, 4) is 0 Å². The molecule has 6 heteroatoms. The van der Waals surface area contributed by atoms with Gasteiger partial charge in [0.2, 0.25) is 0 Å². The zero-order valence-corrected chi connectivity index (χ0v) is 18.0. The van der Waals surface area contributed by atoms with Crippen LogP contribution in [0.25, 0.3) is 0 Å². The van der Waals surface area contributed by atoms with E-state index in [-0.39, 0.29) is 0 Å². The van der Waals surface area contributed by atoms with Gasteiger partial charge in [-0.2, -0.15) is 0 Å². The zero-order valence-electron chi connectivity index (χ0n) is 16.0. The van der Waals surface area contributed by atoms with Gasteiger partial charge in [0.05, 0.1) is 5.60 Å². The largest absolute Gasteiger partial charge is 0.500 e. The van der Waals surface area contributed by atoms with Crippen molar-refractivity contribution >= 4 is 17.1 Å². The second-order valence-electron chi connectivity index (χ2n) is 8.78. The minimum Gasteiger partial charge on any atom is -0.411 e. The fraction of sp³-hybridized carbons (Fsp3) is 1.00. The van der Waals surface area contributed by atoms with Gasteiger partial charge in [0, 0.05) is 25.9 Å². The van der Waals surface area contributed by atoms with Crippen molar-refractivity contribution in [3.05, 3.63) is 0 Å². The number of hydrogen-bond acceptors (Lipinski definition) is 4. The van der Waals surface area contributed by atoms with Gasteiger partial charge in [-0.05, 0) is 82.3 Å². The molecule has 0 bridgehead atoms. The lowest BCUT2D eigenvalue weighted by Crippen LogP contribution is -2.91. The van der Waals surface area contributed by atoms with Gasteiger partial charge in [0.15, 0.2) is 8.32 Å². The summed E-state index contributed by atoms with van der Waals surface area (Å²) in [7, 11) is -4.26. The molecule has 4 fully saturated rings. The van der Waals surface area contributed by atoms with Gasteiger partial charge in [0.25, 0.3) is 0 Å². The molecule has 0 heterocycles. The van der Waals surface area contributed by atoms with Gasteiger partial charge in [-0.1, -0.05) is 0 Å². The van der Waals surface area contributed by atoms with Gasteiger partial charge in [-0.15, -0.1) is 0 Å². The van der Waals surface area contributed by atoms with Crippen molar-refractivity contribution in [1.82, 2.24) is 0 Å². The predicted octanol–water partition coefficient (Wildman–Crippen LogP) is 3.91. The third kappa shape index (κ3) is 2.30. The van der Waals surface area contributed by atoms with Crippen molar-refractivity contribution in [3.63, 3.8) is 0 Å². The molecule has 0 amide bonds. The molecule has 0 aromatic heterocycles. The SMILES string of the molecule is CCO[Si](CC[Si](C)(C)OC12CC3C4CC1C4C32)(OCC)OCC. The van der Waals surface area contributed by atoms with Crippen LogP contribution < -0.4 is 0 Å². The Morgan fingerprint density at radius 3 is 1.96 bits per heavy atom. The second kappa shape index (κ2) is 5.89. The Morgan fingerprint density at radius 1 is 0.917 bits per heavy atom. The van der Waals surface area contributed by atoms with Gasteiger partial charge in [0.1, 0.15) is 0 Å². The average Bonchev–Trinajstić information content (AvgIpc) is 2.51. The minimum atomic E-state index is -2.53. The maximum atomic E-state index is 6.94. The summed E-state index contributed by atoms with van der Waals surface area (Å²) in [6.07, 6.45) is 2.83. The minimum absolute atomic E-state index is 0.312. The maximum Gasteiger partial charge on any atom is 0.500 e. The fourth-order valence-corrected chi connectivity index (χ4v) is 13.6. The van der Waals surface area contributed by atoms with Gasteiger partial charge in [-0.25, -0.2) is 0 Å². The second-order valence-corrected chi connectivity index (χ2v) is 15.7. The van der Waals surface area contributed by atoms with Crippen LogP contribution in [0.15, 0.2) is 0 Å². The summed E-state index contributed by atoms with van der Waals surface area (Å²) in [4.78, 5) is 0. The van der Waals surface area contributed by atoms with Crippen LogP contribution in [0.3, 0.4) is 0 Å². The molecule has 0 spiro atoms. The lowest BCUT2D eigenvalue weighted by molar-refractivity contribution is -0.440. The number of hydrogen-bond donors (Lipinski definition) is 0. The summed E-state index contributed by atoms with van der Waals surface area (Å²) in [6, 6.07) is 1.99. The topological polar surface area (TPSA) is 36.9 Å². The Kier molecular flexibility index (Phi) is 4.34. The van der Waals surface area contributed by atoms with E-state index >= 15 is 0 Å². The summed E-state index contributed by atoms with van der Waals surface area (Å²) >= 11 is 0. The zero-order chi connectivity index (χ0) is 17.2. The first kappa shape index (κ1) is 17.7. The van der Waals surface area contributed by atoms with E-state index < -0.39 is 17.1 Å². The van der Waals surface area contributed by atoms with Crippen molar-refractivity contribution in [2.75, 3.05) is 19.8 Å². The molecule has 4 aliphatic carbocycles. The van der Waals surface area contributed by atoms with Crippen molar-refractivity contribution < 1.29 is 17.7 Å². The summed E-state index contributed by atoms with van der Waals surface area (Å²) in [5.74, 6) is 5.06. The van der Waals surface area contributed by atoms with E-state index in [1.165, 1.54) is 12.8 Å². The smallest absolute Gasteiger partial charge is 0.411 e. The van der Waals surface area contributed by atoms with Crippen molar-refractivity contribution in [2.45, 2.75) is 64.4 Å². The molecule has 0 aliphatic heterocycles. The summed E-state index contributed by atoms with van der Waals surface area (Å²) in [5, 5.41) is 0. The molecule has 6 unspecified atom stereocenters. The molecule has 4 saturated carbocycles. The third-order valence-corrected chi connectivity index (χ3v) is 13.2. The molecule has 24 heavy (non-hydrogen) atoms. The standard InChI is InChI=1S/C18H34O4Si2/c1-6-19-24(20-7-2,21-8-3)10-9-23(4,5)22-18-12-14-13-11-15(18)16(13)17(14)18/h13-17H,6-12H2,1-5H3. The number of rotatable bonds is 11. The highest BCUT2D eigenvalue weighted by atomic mass is 28.4. The Hall–Kier alpha value is 0.274. The molecular formula is C18H34O4Si2. The average molecular weight is 371 g/mol. The highest BCUT2D eigenvalue weighted by Gasteiger charge is 2.87. The molecule has 0 radical (unpaired) electrons. The monoisotopic (exact) mass is 370 g/mol. The molecular weight excluding hydrogens is 336 g/mol. The molecule has 4 rings (SSSR count). The van der Waals surface area contributed by atoms with Crippen LogP contribution >= 0.6 is 0 Å². The first-order valence-electron chi connectivity index (χ1n) is 10.0. The van der Waals surface area contributed by atoms with Crippen LogP contribution in [0, 0.1) is 29.6 Å². The van der Waals surface area contributed by atoms with Gasteiger partial charge < -0.3 is 17.7 Å². The van der Waals surface area contributed by atoms with Crippen LogP contribution in [0.5, 0.6) is 0 Å². The summed E-state index contributed by atoms with van der Waals surface area (Å²) in [5.41, 5.74) is 0.312. The van der Waals surface area contributed by atoms with E-state index in [1.54, 1.807) is 0 Å². The Balaban J connectivity index is 1.36. The molecule has 0 N–H and O–H groups in total. The first-order valence-corrected chi connectivity index (χ1v) is 15.1. The molecule has 4 nitrogen and oxygen atoms in total. The molecule has 6 atom stereocenters. The van der Waals surface area contributed by atoms with Crippen LogP contribution in [0.2, 0.25) is 25.2 Å². The summed E-state index contributed by atoms with van der Waals surface area (Å²) < 4.78 is 25.0. The van der Waals surface area contributed by atoms with Gasteiger partial charge >= 0.3 is 8.80 Å². The molecule has 138 valence electrons. The highest BCUT2D eigenvalue weighted by molar-refractivity contribution is 6.73. The van der Waals surface area contributed by atoms with Crippen LogP contribution in [0.1, 0.15) is 33.6 Å². The Labute approximate surface area is 149 Å². The van der Waals surface area contributed by atoms with Crippen molar-refractivity contribution in [1.29, 1.82) is 0 Å². The quantitative estimate of drug-likeness (QED) is 0.517. The number of fused-ring (bicyclic) bond motifs is 2. The van der Waals surface area contributed by atoms with Crippen LogP contribution in [0.4, 0.5) is 0 Å². The van der Waals surface area contributed by atoms with Crippen LogP contribution in [-0.4, -0.2) is 42.5 Å². The van der Waals surface area contributed by atoms with Gasteiger partial charge in [-0.3, -0.25) is 0 Å². The maximum absolute atomic E-state index is 6.94.